The molecule has 2 aromatic heterocycles. The van der Waals surface area contributed by atoms with Crippen molar-refractivity contribution in [3.63, 3.8) is 0 Å². The van der Waals surface area contributed by atoms with E-state index in [1.54, 1.807) is 27.7 Å². The number of carbonyl (C=O) groups excluding carboxylic acids is 6. The average molecular weight is 525 g/mol. The summed E-state index contributed by atoms with van der Waals surface area (Å²) in [5.74, 6) is -5.34. The summed E-state index contributed by atoms with van der Waals surface area (Å²) in [7, 11) is 0. The van der Waals surface area contributed by atoms with Crippen LogP contribution in [0.1, 0.15) is 69.6 Å². The molecule has 0 spiro atoms. The molecule has 1 aliphatic heterocycles. The molecule has 6 N–H and O–H groups in total. The van der Waals surface area contributed by atoms with E-state index < -0.39 is 59.4 Å². The highest BCUT2D eigenvalue weighted by Gasteiger charge is 2.28. The van der Waals surface area contributed by atoms with Crippen LogP contribution in [0.15, 0.2) is 36.4 Å². The molecule has 1 aliphatic rings. The SMILES string of the molecule is CC(C)C1NC(=O)c2cccc(n2)C(=O)NC(C(C)C)C(=O)NNC(=O)c2cccc(n2)C(=O)NNC1=O. The predicted molar refractivity (Wildman–Crippen MR) is 132 cm³/mol. The van der Waals surface area contributed by atoms with Gasteiger partial charge in [-0.05, 0) is 36.1 Å². The molecule has 200 valence electrons. The van der Waals surface area contributed by atoms with Crippen molar-refractivity contribution < 1.29 is 28.8 Å². The van der Waals surface area contributed by atoms with Crippen molar-refractivity contribution in [2.75, 3.05) is 0 Å². The van der Waals surface area contributed by atoms with Crippen LogP contribution < -0.4 is 32.3 Å². The van der Waals surface area contributed by atoms with Crippen LogP contribution in [0.4, 0.5) is 0 Å². The Balaban J connectivity index is 1.97. The van der Waals surface area contributed by atoms with Crippen LogP contribution >= 0.6 is 0 Å². The Morgan fingerprint density at radius 1 is 0.526 bits per heavy atom. The van der Waals surface area contributed by atoms with E-state index in [0.29, 0.717) is 0 Å². The highest BCUT2D eigenvalue weighted by atomic mass is 16.2. The maximum atomic E-state index is 12.9. The standard InChI is InChI=1S/C24H28N8O6/c1-11(2)17-23(37)31-29-21(35)15-9-6-10-16(26-15)22(36)30-32-24(38)18(12(3)4)28-20(34)14-8-5-7-13(25-14)19(33)27-17/h5-12,17-18H,1-4H3,(H,27,33)(H,28,34)(H,29,35)(H,30,36)(H,31,37)(H,32,38). The van der Waals surface area contributed by atoms with Crippen LogP contribution in [0.25, 0.3) is 0 Å². The van der Waals surface area contributed by atoms with Gasteiger partial charge in [0.2, 0.25) is 0 Å². The lowest BCUT2D eigenvalue weighted by Crippen LogP contribution is -2.55. The van der Waals surface area contributed by atoms with Crippen molar-refractivity contribution in [1.82, 2.24) is 42.3 Å². The van der Waals surface area contributed by atoms with Crippen molar-refractivity contribution in [1.29, 1.82) is 0 Å². The van der Waals surface area contributed by atoms with E-state index in [1.165, 1.54) is 36.4 Å². The van der Waals surface area contributed by atoms with Gasteiger partial charge in [0.15, 0.2) is 0 Å². The van der Waals surface area contributed by atoms with Crippen LogP contribution in [-0.4, -0.2) is 57.5 Å². The molecular weight excluding hydrogens is 496 g/mol. The van der Waals surface area contributed by atoms with E-state index in [0.717, 1.165) is 0 Å². The lowest BCUT2D eigenvalue weighted by molar-refractivity contribution is -0.125. The van der Waals surface area contributed by atoms with Crippen LogP contribution in [0.5, 0.6) is 0 Å². The first-order chi connectivity index (χ1) is 18.0. The molecule has 2 aromatic rings. The maximum Gasteiger partial charge on any atom is 0.288 e. The van der Waals surface area contributed by atoms with Gasteiger partial charge in [-0.2, -0.15) is 0 Å². The highest BCUT2D eigenvalue weighted by molar-refractivity contribution is 6.01. The van der Waals surface area contributed by atoms with E-state index in [2.05, 4.69) is 42.3 Å². The van der Waals surface area contributed by atoms with Gasteiger partial charge < -0.3 is 10.6 Å². The quantitative estimate of drug-likeness (QED) is 0.294. The van der Waals surface area contributed by atoms with Gasteiger partial charge in [-0.1, -0.05) is 39.8 Å². The summed E-state index contributed by atoms with van der Waals surface area (Å²) in [6.45, 7) is 6.73. The number of rotatable bonds is 2. The Morgan fingerprint density at radius 3 is 1.16 bits per heavy atom. The molecule has 0 saturated heterocycles. The molecule has 0 aliphatic carbocycles. The van der Waals surface area contributed by atoms with Crippen molar-refractivity contribution >= 4 is 35.4 Å². The number of nitrogens with one attached hydrogen (secondary N) is 6. The fraction of sp³-hybridized carbons (Fsp3) is 0.333. The lowest BCUT2D eigenvalue weighted by Gasteiger charge is -2.22. The minimum atomic E-state index is -1.08. The molecule has 6 amide bonds. The first-order valence-electron chi connectivity index (χ1n) is 11.7. The van der Waals surface area contributed by atoms with Crippen LogP contribution in [0, 0.1) is 11.8 Å². The van der Waals surface area contributed by atoms with Gasteiger partial charge in [-0.25, -0.2) is 9.97 Å². The molecule has 2 atom stereocenters. The van der Waals surface area contributed by atoms with Gasteiger partial charge in [0.1, 0.15) is 34.9 Å². The monoisotopic (exact) mass is 524 g/mol. The molecule has 14 nitrogen and oxygen atoms in total. The number of fused-ring (bicyclic) bond motifs is 4. The minimum absolute atomic E-state index is 0.145. The van der Waals surface area contributed by atoms with E-state index >= 15 is 0 Å². The molecule has 0 aromatic carbocycles. The third-order valence-corrected chi connectivity index (χ3v) is 5.50. The van der Waals surface area contributed by atoms with E-state index in [4.69, 9.17) is 0 Å². The topological polar surface area (TPSA) is 200 Å². The van der Waals surface area contributed by atoms with Crippen LogP contribution in [0.2, 0.25) is 0 Å². The number of carbonyl (C=O) groups is 6. The molecular formula is C24H28N8O6. The predicted octanol–water partition coefficient (Wildman–Crippen LogP) is -0.779. The Bertz CT molecular complexity index is 1190. The van der Waals surface area contributed by atoms with Crippen LogP contribution in [0.3, 0.4) is 0 Å². The summed E-state index contributed by atoms with van der Waals surface area (Å²) in [5.41, 5.74) is 8.15. The lowest BCUT2D eigenvalue weighted by atomic mass is 10.0. The van der Waals surface area contributed by atoms with E-state index in [1.807, 2.05) is 0 Å². The Morgan fingerprint density at radius 2 is 0.842 bits per heavy atom. The molecule has 0 saturated carbocycles. The second-order valence-corrected chi connectivity index (χ2v) is 9.09. The Kier molecular flexibility index (Phi) is 8.68. The molecule has 4 bridgehead atoms. The average Bonchev–Trinajstić information content (AvgIpc) is 2.90. The third kappa shape index (κ3) is 6.66. The molecule has 2 unspecified atom stereocenters. The zero-order valence-electron chi connectivity index (χ0n) is 21.1. The fourth-order valence-corrected chi connectivity index (χ4v) is 3.40. The molecule has 38 heavy (non-hydrogen) atoms. The molecule has 0 fully saturated rings. The molecule has 3 rings (SSSR count). The smallest absolute Gasteiger partial charge is 0.288 e. The third-order valence-electron chi connectivity index (χ3n) is 5.50. The molecule has 14 heteroatoms. The summed E-state index contributed by atoms with van der Waals surface area (Å²) >= 11 is 0. The summed E-state index contributed by atoms with van der Waals surface area (Å²) in [6.07, 6.45) is 0. The molecule has 0 radical (unpaired) electrons. The normalized spacial score (nSPS) is 19.5. The van der Waals surface area contributed by atoms with Crippen LogP contribution in [-0.2, 0) is 9.59 Å². The number of nitrogens with zero attached hydrogens (tertiary/aromatic N) is 2. The highest BCUT2D eigenvalue weighted by Crippen LogP contribution is 2.08. The van der Waals surface area contributed by atoms with Gasteiger partial charge in [0.05, 0.1) is 0 Å². The summed E-state index contributed by atoms with van der Waals surface area (Å²) in [5, 5.41) is 5.09. The zero-order chi connectivity index (χ0) is 28.0. The van der Waals surface area contributed by atoms with Crippen molar-refractivity contribution in [3.05, 3.63) is 59.2 Å². The largest absolute Gasteiger partial charge is 0.339 e. The Hall–Kier alpha value is -4.88. The van der Waals surface area contributed by atoms with Gasteiger partial charge in [0.25, 0.3) is 35.4 Å². The fourth-order valence-electron chi connectivity index (χ4n) is 3.40. The van der Waals surface area contributed by atoms with Gasteiger partial charge in [-0.3, -0.25) is 50.5 Å². The maximum absolute atomic E-state index is 12.9. The van der Waals surface area contributed by atoms with Crippen molar-refractivity contribution in [2.24, 2.45) is 11.8 Å². The van der Waals surface area contributed by atoms with Crippen molar-refractivity contribution in [2.45, 2.75) is 39.8 Å². The van der Waals surface area contributed by atoms with Gasteiger partial charge in [0, 0.05) is 0 Å². The summed E-state index contributed by atoms with van der Waals surface area (Å²) in [6, 6.07) is 6.01. The second kappa shape index (κ2) is 11.9. The summed E-state index contributed by atoms with van der Waals surface area (Å²) in [4.78, 5) is 84.4. The number of amides is 6. The van der Waals surface area contributed by atoms with Gasteiger partial charge in [-0.15, -0.1) is 0 Å². The Labute approximate surface area is 217 Å². The number of aromatic nitrogens is 2. The second-order valence-electron chi connectivity index (χ2n) is 9.09. The van der Waals surface area contributed by atoms with E-state index in [9.17, 15) is 28.8 Å². The minimum Gasteiger partial charge on any atom is -0.339 e. The first kappa shape index (κ1) is 27.7. The van der Waals surface area contributed by atoms with Crippen molar-refractivity contribution in [3.8, 4) is 0 Å². The van der Waals surface area contributed by atoms with E-state index in [-0.39, 0.29) is 22.8 Å². The van der Waals surface area contributed by atoms with Gasteiger partial charge >= 0.3 is 0 Å². The molecule has 3 heterocycles. The number of hydrogen-bond donors (Lipinski definition) is 6. The number of hydrazine groups is 2. The summed E-state index contributed by atoms with van der Waals surface area (Å²) < 4.78 is 0. The number of hydrogen-bond acceptors (Lipinski definition) is 8. The number of pyridine rings is 2. The first-order valence-corrected chi connectivity index (χ1v) is 11.7. The zero-order valence-corrected chi connectivity index (χ0v) is 21.1.